The molecule has 0 unspecified atom stereocenters. The summed E-state index contributed by atoms with van der Waals surface area (Å²) in [5, 5.41) is 2.96. The first-order valence-corrected chi connectivity index (χ1v) is 10.2. The van der Waals surface area contributed by atoms with Crippen LogP contribution in [0, 0.1) is 13.8 Å². The summed E-state index contributed by atoms with van der Waals surface area (Å²) in [5.74, 6) is 0.418. The molecule has 150 valence electrons. The molecule has 0 aliphatic carbocycles. The van der Waals surface area contributed by atoms with Crippen LogP contribution in [0.5, 0.6) is 0 Å². The predicted molar refractivity (Wildman–Crippen MR) is 117 cm³/mol. The highest BCUT2D eigenvalue weighted by Crippen LogP contribution is 2.24. The minimum atomic E-state index is -0.131. The second-order valence-corrected chi connectivity index (χ2v) is 7.96. The van der Waals surface area contributed by atoms with Crippen LogP contribution < -0.4 is 5.32 Å². The van der Waals surface area contributed by atoms with Gasteiger partial charge in [-0.05, 0) is 74.7 Å². The van der Waals surface area contributed by atoms with Crippen LogP contribution in [0.2, 0.25) is 0 Å². The van der Waals surface area contributed by atoms with E-state index < -0.39 is 0 Å². The van der Waals surface area contributed by atoms with E-state index in [0.29, 0.717) is 11.5 Å². The molecule has 1 N–H and O–H groups in total. The van der Waals surface area contributed by atoms with E-state index >= 15 is 0 Å². The summed E-state index contributed by atoms with van der Waals surface area (Å²) in [6.45, 7) is 7.40. The number of amides is 1. The lowest BCUT2D eigenvalue weighted by molar-refractivity contribution is 0.102. The summed E-state index contributed by atoms with van der Waals surface area (Å²) in [6, 6.07) is 14.2. The number of anilines is 1. The van der Waals surface area contributed by atoms with Gasteiger partial charge in [0.05, 0.1) is 11.9 Å². The third-order valence-electron chi connectivity index (χ3n) is 5.81. The van der Waals surface area contributed by atoms with E-state index in [1.54, 1.807) is 0 Å². The molecule has 4 rings (SSSR count). The molecule has 1 amide bonds. The van der Waals surface area contributed by atoms with E-state index in [-0.39, 0.29) is 5.91 Å². The first-order valence-electron chi connectivity index (χ1n) is 10.2. The van der Waals surface area contributed by atoms with Crippen LogP contribution in [0.1, 0.15) is 39.9 Å². The van der Waals surface area contributed by atoms with Gasteiger partial charge < -0.3 is 4.57 Å². The molecule has 3 aromatic rings. The van der Waals surface area contributed by atoms with Gasteiger partial charge in [-0.3, -0.25) is 15.0 Å². The first kappa shape index (κ1) is 19.4. The lowest BCUT2D eigenvalue weighted by atomic mass is 10.0. The van der Waals surface area contributed by atoms with Crippen molar-refractivity contribution in [2.45, 2.75) is 33.2 Å². The molecule has 0 saturated carbocycles. The average Bonchev–Trinajstić information content (AvgIpc) is 3.35. The third-order valence-corrected chi connectivity index (χ3v) is 5.81. The number of hydrogen-bond acceptors (Lipinski definition) is 3. The highest BCUT2D eigenvalue weighted by atomic mass is 16.1. The largest absolute Gasteiger partial charge is 0.313 e. The fraction of sp³-hybridized carbons (Fsp3) is 0.333. The average molecular weight is 389 g/mol. The van der Waals surface area contributed by atoms with Crippen LogP contribution in [0.4, 0.5) is 5.95 Å². The van der Waals surface area contributed by atoms with Crippen molar-refractivity contribution >= 4 is 11.9 Å². The zero-order chi connectivity index (χ0) is 20.4. The van der Waals surface area contributed by atoms with Gasteiger partial charge in [0.15, 0.2) is 0 Å². The molecule has 1 saturated heterocycles. The molecule has 5 heteroatoms. The molecule has 0 radical (unpaired) electrons. The Bertz CT molecular complexity index is 1030. The number of benzene rings is 2. The molecule has 2 heterocycles. The van der Waals surface area contributed by atoms with E-state index in [2.05, 4.69) is 53.3 Å². The Morgan fingerprint density at radius 2 is 1.86 bits per heavy atom. The molecule has 2 aromatic carbocycles. The van der Waals surface area contributed by atoms with Crippen molar-refractivity contribution in [2.75, 3.05) is 18.4 Å². The van der Waals surface area contributed by atoms with Crippen LogP contribution in [0.25, 0.3) is 11.3 Å². The van der Waals surface area contributed by atoms with Crippen molar-refractivity contribution < 1.29 is 4.79 Å². The number of nitrogens with zero attached hydrogens (tertiary/aromatic N) is 3. The zero-order valence-electron chi connectivity index (χ0n) is 17.4. The fourth-order valence-electron chi connectivity index (χ4n) is 3.88. The molecule has 29 heavy (non-hydrogen) atoms. The molecule has 5 nitrogen and oxygen atoms in total. The number of nitrogens with one attached hydrogen (secondary N) is 1. The standard InChI is InChI=1S/C24H28N4O/c1-17-9-10-20(13-18(17)2)22-15-25-24(27(22)3)26-23(29)21-8-6-7-19(14-21)16-28-11-4-5-12-28/h6-10,13-15H,4-5,11-12,16H2,1-3H3,(H,25,26,29). The van der Waals surface area contributed by atoms with Crippen molar-refractivity contribution in [3.8, 4) is 11.3 Å². The van der Waals surface area contributed by atoms with Crippen LogP contribution in [-0.2, 0) is 13.6 Å². The Morgan fingerprint density at radius 3 is 2.62 bits per heavy atom. The van der Waals surface area contributed by atoms with E-state index in [4.69, 9.17) is 0 Å². The Hall–Kier alpha value is -2.92. The second-order valence-electron chi connectivity index (χ2n) is 7.96. The Balaban J connectivity index is 1.50. The van der Waals surface area contributed by atoms with Crippen molar-refractivity contribution in [3.05, 3.63) is 70.9 Å². The van der Waals surface area contributed by atoms with Gasteiger partial charge in [0.1, 0.15) is 0 Å². The number of imidazole rings is 1. The zero-order valence-corrected chi connectivity index (χ0v) is 17.4. The highest BCUT2D eigenvalue weighted by molar-refractivity contribution is 6.03. The normalized spacial score (nSPS) is 14.3. The lowest BCUT2D eigenvalue weighted by Crippen LogP contribution is -2.19. The quantitative estimate of drug-likeness (QED) is 0.697. The molecule has 1 aliphatic rings. The predicted octanol–water partition coefficient (Wildman–Crippen LogP) is 4.55. The maximum atomic E-state index is 12.8. The monoisotopic (exact) mass is 388 g/mol. The van der Waals surface area contributed by atoms with Gasteiger partial charge in [-0.25, -0.2) is 4.98 Å². The number of rotatable bonds is 5. The molecular formula is C24H28N4O. The summed E-state index contributed by atoms with van der Waals surface area (Å²) in [7, 11) is 1.93. The van der Waals surface area contributed by atoms with Crippen LogP contribution in [-0.4, -0.2) is 33.4 Å². The maximum Gasteiger partial charge on any atom is 0.257 e. The summed E-state index contributed by atoms with van der Waals surface area (Å²) in [5.41, 5.74) is 6.41. The Kier molecular flexibility index (Phi) is 5.49. The Morgan fingerprint density at radius 1 is 1.07 bits per heavy atom. The summed E-state index contributed by atoms with van der Waals surface area (Å²) in [6.07, 6.45) is 4.34. The van der Waals surface area contributed by atoms with E-state index in [1.807, 2.05) is 36.0 Å². The van der Waals surface area contributed by atoms with Crippen molar-refractivity contribution in [3.63, 3.8) is 0 Å². The molecule has 1 aromatic heterocycles. The second kappa shape index (κ2) is 8.21. The fourth-order valence-corrected chi connectivity index (χ4v) is 3.88. The van der Waals surface area contributed by atoms with Gasteiger partial charge >= 0.3 is 0 Å². The van der Waals surface area contributed by atoms with Crippen LogP contribution >= 0.6 is 0 Å². The van der Waals surface area contributed by atoms with Gasteiger partial charge in [-0.2, -0.15) is 0 Å². The van der Waals surface area contributed by atoms with Crippen molar-refractivity contribution in [1.82, 2.24) is 14.5 Å². The summed E-state index contributed by atoms with van der Waals surface area (Å²) >= 11 is 0. The number of likely N-dealkylation sites (tertiary alicyclic amines) is 1. The van der Waals surface area contributed by atoms with Gasteiger partial charge in [0.25, 0.3) is 5.91 Å². The molecule has 0 atom stereocenters. The molecular weight excluding hydrogens is 360 g/mol. The molecule has 1 aliphatic heterocycles. The maximum absolute atomic E-state index is 12.8. The smallest absolute Gasteiger partial charge is 0.257 e. The highest BCUT2D eigenvalue weighted by Gasteiger charge is 2.15. The van der Waals surface area contributed by atoms with Gasteiger partial charge in [0, 0.05) is 24.7 Å². The number of aryl methyl sites for hydroxylation is 2. The summed E-state index contributed by atoms with van der Waals surface area (Å²) in [4.78, 5) is 19.7. The number of aromatic nitrogens is 2. The molecule has 0 spiro atoms. The van der Waals surface area contributed by atoms with E-state index in [9.17, 15) is 4.79 Å². The number of carbonyl (C=O) groups excluding carboxylic acids is 1. The van der Waals surface area contributed by atoms with E-state index in [1.165, 1.54) is 29.5 Å². The van der Waals surface area contributed by atoms with Crippen molar-refractivity contribution in [1.29, 1.82) is 0 Å². The molecule has 1 fully saturated rings. The van der Waals surface area contributed by atoms with Gasteiger partial charge in [-0.15, -0.1) is 0 Å². The molecule has 0 bridgehead atoms. The SMILES string of the molecule is Cc1ccc(-c2cnc(NC(=O)c3cccc(CN4CCCC4)c3)n2C)cc1C. The Labute approximate surface area is 172 Å². The van der Waals surface area contributed by atoms with Crippen molar-refractivity contribution in [2.24, 2.45) is 7.05 Å². The van der Waals surface area contributed by atoms with Gasteiger partial charge in [0.2, 0.25) is 5.95 Å². The first-order chi connectivity index (χ1) is 14.0. The van der Waals surface area contributed by atoms with Gasteiger partial charge in [-0.1, -0.05) is 24.3 Å². The van der Waals surface area contributed by atoms with Crippen LogP contribution in [0.3, 0.4) is 0 Å². The lowest BCUT2D eigenvalue weighted by Gasteiger charge is -2.15. The number of carbonyl (C=O) groups is 1. The third kappa shape index (κ3) is 4.25. The summed E-state index contributed by atoms with van der Waals surface area (Å²) < 4.78 is 1.93. The van der Waals surface area contributed by atoms with E-state index in [0.717, 1.165) is 30.9 Å². The number of hydrogen-bond donors (Lipinski definition) is 1. The van der Waals surface area contributed by atoms with Crippen LogP contribution in [0.15, 0.2) is 48.7 Å². The minimum absolute atomic E-state index is 0.131. The topological polar surface area (TPSA) is 50.2 Å². The minimum Gasteiger partial charge on any atom is -0.313 e.